The molecule has 3 aliphatic heterocycles. The van der Waals surface area contributed by atoms with Crippen molar-refractivity contribution < 1.29 is 14.3 Å². The van der Waals surface area contributed by atoms with E-state index in [-0.39, 0.29) is 17.4 Å². The van der Waals surface area contributed by atoms with Gasteiger partial charge in [-0.25, -0.2) is 0 Å². The molecule has 1 aromatic rings. The van der Waals surface area contributed by atoms with Crippen LogP contribution in [0.25, 0.3) is 0 Å². The van der Waals surface area contributed by atoms with E-state index in [1.54, 1.807) is 6.20 Å². The number of likely N-dealkylation sites (tertiary alicyclic amines) is 2. The predicted octanol–water partition coefficient (Wildman–Crippen LogP) is 1.70. The van der Waals surface area contributed by atoms with E-state index in [4.69, 9.17) is 9.47 Å². The highest BCUT2D eigenvalue weighted by Crippen LogP contribution is 2.40. The molecular weight excluding hydrogens is 330 g/mol. The van der Waals surface area contributed by atoms with Crippen molar-refractivity contribution >= 4 is 5.91 Å². The summed E-state index contributed by atoms with van der Waals surface area (Å²) in [7, 11) is 0. The Kier molecular flexibility index (Phi) is 5.52. The first-order valence-electron chi connectivity index (χ1n) is 9.81. The molecule has 0 aliphatic carbocycles. The van der Waals surface area contributed by atoms with Gasteiger partial charge in [-0.05, 0) is 49.4 Å². The van der Waals surface area contributed by atoms with E-state index in [0.717, 1.165) is 64.2 Å². The van der Waals surface area contributed by atoms with E-state index in [9.17, 15) is 4.79 Å². The van der Waals surface area contributed by atoms with Crippen LogP contribution in [0, 0.1) is 5.41 Å². The van der Waals surface area contributed by atoms with Crippen LogP contribution in [0.1, 0.15) is 31.2 Å². The lowest BCUT2D eigenvalue weighted by atomic mass is 9.72. The van der Waals surface area contributed by atoms with Gasteiger partial charge in [0.15, 0.2) is 0 Å². The van der Waals surface area contributed by atoms with Crippen LogP contribution < -0.4 is 0 Å². The molecule has 4 heterocycles. The Labute approximate surface area is 155 Å². The van der Waals surface area contributed by atoms with Gasteiger partial charge >= 0.3 is 0 Å². The van der Waals surface area contributed by atoms with Crippen LogP contribution in [0.5, 0.6) is 0 Å². The Morgan fingerprint density at radius 2 is 2.12 bits per heavy atom. The third-order valence-corrected chi connectivity index (χ3v) is 6.11. The first-order valence-corrected chi connectivity index (χ1v) is 9.81. The molecule has 3 fully saturated rings. The monoisotopic (exact) mass is 359 g/mol. The minimum atomic E-state index is 0.216. The summed E-state index contributed by atoms with van der Waals surface area (Å²) in [4.78, 5) is 21.2. The van der Waals surface area contributed by atoms with E-state index in [1.165, 1.54) is 0 Å². The fourth-order valence-corrected chi connectivity index (χ4v) is 4.51. The highest BCUT2D eigenvalue weighted by molar-refractivity contribution is 5.77. The maximum atomic E-state index is 12.4. The molecule has 1 amide bonds. The molecule has 6 nitrogen and oxygen atoms in total. The number of carbonyl (C=O) groups is 1. The molecule has 0 saturated carbocycles. The van der Waals surface area contributed by atoms with Crippen molar-refractivity contribution in [3.05, 3.63) is 30.1 Å². The van der Waals surface area contributed by atoms with Crippen molar-refractivity contribution in [1.29, 1.82) is 0 Å². The van der Waals surface area contributed by atoms with Crippen LogP contribution in [0.4, 0.5) is 0 Å². The summed E-state index contributed by atoms with van der Waals surface area (Å²) in [5.41, 5.74) is 1.40. The first kappa shape index (κ1) is 17.9. The molecule has 3 aliphatic rings. The average molecular weight is 359 g/mol. The van der Waals surface area contributed by atoms with Crippen LogP contribution >= 0.6 is 0 Å². The number of rotatable bonds is 4. The van der Waals surface area contributed by atoms with E-state index in [1.807, 2.05) is 17.2 Å². The quantitative estimate of drug-likeness (QED) is 0.819. The van der Waals surface area contributed by atoms with Crippen LogP contribution in [0.15, 0.2) is 24.5 Å². The molecule has 0 N–H and O–H groups in total. The zero-order chi connectivity index (χ0) is 17.8. The number of hydrogen-bond acceptors (Lipinski definition) is 5. The third kappa shape index (κ3) is 4.24. The molecule has 1 aromatic heterocycles. The summed E-state index contributed by atoms with van der Waals surface area (Å²) in [5.74, 6) is 0.287. The number of pyridine rings is 1. The largest absolute Gasteiger partial charge is 0.376 e. The second-order valence-corrected chi connectivity index (χ2v) is 7.98. The maximum Gasteiger partial charge on any atom is 0.222 e. The van der Waals surface area contributed by atoms with Crippen molar-refractivity contribution in [3.8, 4) is 0 Å². The molecule has 142 valence electrons. The predicted molar refractivity (Wildman–Crippen MR) is 97.6 cm³/mol. The summed E-state index contributed by atoms with van der Waals surface area (Å²) in [6, 6.07) is 3.99. The molecule has 26 heavy (non-hydrogen) atoms. The molecular formula is C20H29N3O3. The summed E-state index contributed by atoms with van der Waals surface area (Å²) in [6.45, 7) is 6.88. The van der Waals surface area contributed by atoms with Gasteiger partial charge in [-0.1, -0.05) is 6.07 Å². The Bertz CT molecular complexity index is 596. The van der Waals surface area contributed by atoms with Crippen molar-refractivity contribution in [3.63, 3.8) is 0 Å². The van der Waals surface area contributed by atoms with E-state index in [2.05, 4.69) is 16.0 Å². The number of ether oxygens (including phenoxy) is 2. The van der Waals surface area contributed by atoms with Gasteiger partial charge in [0.2, 0.25) is 5.91 Å². The lowest BCUT2D eigenvalue weighted by Crippen LogP contribution is -2.52. The number of nitrogens with zero attached hydrogens (tertiary/aromatic N) is 3. The zero-order valence-electron chi connectivity index (χ0n) is 15.4. The normalized spacial score (nSPS) is 27.0. The molecule has 0 aromatic carbocycles. The summed E-state index contributed by atoms with van der Waals surface area (Å²) < 4.78 is 11.3. The summed E-state index contributed by atoms with van der Waals surface area (Å²) >= 11 is 0. The minimum Gasteiger partial charge on any atom is -0.376 e. The van der Waals surface area contributed by atoms with Crippen molar-refractivity contribution in [2.45, 2.75) is 38.3 Å². The SMILES string of the molecule is O=C1CCC2(CCN(C[C@H]3COCCO3)CC2)CN1Cc1cccnc1. The Morgan fingerprint density at radius 3 is 2.85 bits per heavy atom. The second-order valence-electron chi connectivity index (χ2n) is 7.98. The van der Waals surface area contributed by atoms with E-state index < -0.39 is 0 Å². The van der Waals surface area contributed by atoms with Gasteiger partial charge in [0.25, 0.3) is 0 Å². The van der Waals surface area contributed by atoms with Gasteiger partial charge in [0, 0.05) is 38.4 Å². The van der Waals surface area contributed by atoms with Crippen molar-refractivity contribution in [1.82, 2.24) is 14.8 Å². The zero-order valence-corrected chi connectivity index (χ0v) is 15.4. The van der Waals surface area contributed by atoms with Crippen molar-refractivity contribution in [2.24, 2.45) is 5.41 Å². The molecule has 4 rings (SSSR count). The topological polar surface area (TPSA) is 54.9 Å². The molecule has 6 heteroatoms. The highest BCUT2D eigenvalue weighted by atomic mass is 16.6. The standard InChI is InChI=1S/C20H29N3O3/c24-19-3-4-20(16-23(19)13-17-2-1-7-21-12-17)5-8-22(9-6-20)14-18-15-25-10-11-26-18/h1-2,7,12,18H,3-6,8-11,13-16H2/t18-/m0/s1. The van der Waals surface area contributed by atoms with Crippen LogP contribution in [-0.4, -0.2) is 72.8 Å². The van der Waals surface area contributed by atoms with Gasteiger partial charge in [-0.15, -0.1) is 0 Å². The van der Waals surface area contributed by atoms with Gasteiger partial charge in [-0.3, -0.25) is 9.78 Å². The maximum absolute atomic E-state index is 12.4. The van der Waals surface area contributed by atoms with Gasteiger partial charge in [0.05, 0.1) is 25.9 Å². The van der Waals surface area contributed by atoms with Gasteiger partial charge < -0.3 is 19.3 Å². The molecule has 0 unspecified atom stereocenters. The number of piperidine rings is 2. The Morgan fingerprint density at radius 1 is 1.23 bits per heavy atom. The molecule has 1 atom stereocenters. The number of hydrogen-bond donors (Lipinski definition) is 0. The number of carbonyl (C=O) groups excluding carboxylic acids is 1. The van der Waals surface area contributed by atoms with Crippen LogP contribution in [0.3, 0.4) is 0 Å². The van der Waals surface area contributed by atoms with E-state index in [0.29, 0.717) is 19.6 Å². The minimum absolute atomic E-state index is 0.216. The van der Waals surface area contributed by atoms with Crippen LogP contribution in [-0.2, 0) is 20.8 Å². The number of amides is 1. The molecule has 3 saturated heterocycles. The van der Waals surface area contributed by atoms with E-state index >= 15 is 0 Å². The fraction of sp³-hybridized carbons (Fsp3) is 0.700. The molecule has 1 spiro atoms. The molecule has 0 radical (unpaired) electrons. The summed E-state index contributed by atoms with van der Waals surface area (Å²) in [6.07, 6.45) is 7.90. The smallest absolute Gasteiger partial charge is 0.222 e. The van der Waals surface area contributed by atoms with Gasteiger partial charge in [0.1, 0.15) is 0 Å². The number of aromatic nitrogens is 1. The Hall–Kier alpha value is -1.50. The fourth-order valence-electron chi connectivity index (χ4n) is 4.51. The third-order valence-electron chi connectivity index (χ3n) is 6.11. The lowest BCUT2D eigenvalue weighted by molar-refractivity contribution is -0.140. The first-order chi connectivity index (χ1) is 12.7. The van der Waals surface area contributed by atoms with Crippen molar-refractivity contribution in [2.75, 3.05) is 46.0 Å². The average Bonchev–Trinajstić information content (AvgIpc) is 2.69. The summed E-state index contributed by atoms with van der Waals surface area (Å²) in [5, 5.41) is 0. The second kappa shape index (κ2) is 8.03. The lowest BCUT2D eigenvalue weighted by Gasteiger charge is -2.48. The molecule has 0 bridgehead atoms. The Balaban J connectivity index is 1.32. The highest BCUT2D eigenvalue weighted by Gasteiger charge is 2.41. The van der Waals surface area contributed by atoms with Crippen LogP contribution in [0.2, 0.25) is 0 Å². The van der Waals surface area contributed by atoms with Gasteiger partial charge in [-0.2, -0.15) is 0 Å².